The fourth-order valence-corrected chi connectivity index (χ4v) is 9.22. The van der Waals surface area contributed by atoms with Crippen LogP contribution in [0.25, 0.3) is 21.8 Å². The van der Waals surface area contributed by atoms with Crippen molar-refractivity contribution in [3.8, 4) is 0 Å². The molecule has 0 radical (unpaired) electrons. The molecule has 2 aliphatic carbocycles. The number of aromatic nitrogens is 4. The number of amides is 3. The second-order valence-electron chi connectivity index (χ2n) is 17.6. The Labute approximate surface area is 459 Å². The lowest BCUT2D eigenvalue weighted by Crippen LogP contribution is -2.28. The summed E-state index contributed by atoms with van der Waals surface area (Å²) in [6.45, 7) is 0.100. The molecule has 21 heteroatoms. The Morgan fingerprint density at radius 1 is 0.615 bits per heavy atom. The Hall–Kier alpha value is -8.42. The van der Waals surface area contributed by atoms with E-state index >= 15 is 0 Å². The van der Waals surface area contributed by atoms with Gasteiger partial charge in [0.1, 0.15) is 42.8 Å². The second kappa shape index (κ2) is 25.2. The van der Waals surface area contributed by atoms with Gasteiger partial charge in [0.05, 0.1) is 38.5 Å². The van der Waals surface area contributed by atoms with Gasteiger partial charge in [-0.2, -0.15) is 0 Å². The molecule has 398 valence electrons. The van der Waals surface area contributed by atoms with Gasteiger partial charge in [-0.15, -0.1) is 12.4 Å². The number of pyridine rings is 2. The van der Waals surface area contributed by atoms with Crippen LogP contribution in [-0.2, 0) is 35.5 Å². The van der Waals surface area contributed by atoms with E-state index in [1.807, 2.05) is 66.7 Å². The van der Waals surface area contributed by atoms with Crippen molar-refractivity contribution >= 4 is 92.8 Å². The molecule has 9 aromatic rings. The van der Waals surface area contributed by atoms with Gasteiger partial charge in [0.25, 0.3) is 11.8 Å². The van der Waals surface area contributed by atoms with E-state index in [1.54, 1.807) is 6.07 Å². The molecule has 6 aromatic carbocycles. The third-order valence-corrected chi connectivity index (χ3v) is 13.2. The first-order chi connectivity index (χ1) is 37.2. The third kappa shape index (κ3) is 13.2. The molecule has 78 heavy (non-hydrogen) atoms. The van der Waals surface area contributed by atoms with Crippen molar-refractivity contribution in [1.29, 1.82) is 0 Å². The number of nitrogens with two attached hydrogens (primary N) is 1. The largest absolute Gasteiger partial charge is 0.443 e. The van der Waals surface area contributed by atoms with Gasteiger partial charge in [-0.25, -0.2) is 46.7 Å². The highest BCUT2D eigenvalue weighted by Crippen LogP contribution is 2.37. The Kier molecular flexibility index (Phi) is 18.0. The zero-order chi connectivity index (χ0) is 54.2. The van der Waals surface area contributed by atoms with E-state index in [1.165, 1.54) is 77.9 Å². The first-order valence-electron chi connectivity index (χ1n) is 23.9. The zero-order valence-electron chi connectivity index (χ0n) is 40.8. The topological polar surface area (TPSA) is 192 Å². The van der Waals surface area contributed by atoms with Crippen molar-refractivity contribution in [3.63, 3.8) is 0 Å². The number of nitrogens with zero attached hydrogens (tertiary/aromatic N) is 4. The molecule has 2 aliphatic rings. The number of anilines is 2. The lowest BCUT2D eigenvalue weighted by Gasteiger charge is -2.16. The molecule has 0 unspecified atom stereocenters. The number of imidazole rings is 1. The van der Waals surface area contributed by atoms with E-state index in [0.717, 1.165) is 27.9 Å². The average Bonchev–Trinajstić information content (AvgIpc) is 4.26. The van der Waals surface area contributed by atoms with E-state index in [2.05, 4.69) is 30.9 Å². The average molecular weight is 1120 g/mol. The maximum atomic E-state index is 14.8. The summed E-state index contributed by atoms with van der Waals surface area (Å²) >= 11 is 11.5. The molecule has 14 nitrogen and oxygen atoms in total. The van der Waals surface area contributed by atoms with Crippen molar-refractivity contribution in [2.24, 2.45) is 5.73 Å². The fourth-order valence-electron chi connectivity index (χ4n) is 8.86. The summed E-state index contributed by atoms with van der Waals surface area (Å²) in [6.07, 6.45) is 5.24. The minimum absolute atomic E-state index is 0. The van der Waals surface area contributed by atoms with Crippen LogP contribution >= 0.6 is 35.6 Å². The molecular weight excluding hydrogens is 1080 g/mol. The number of carbonyl (C=O) groups excluding carboxylic acids is 4. The monoisotopic (exact) mass is 1120 g/mol. The Morgan fingerprint density at radius 2 is 1.12 bits per heavy atom. The van der Waals surface area contributed by atoms with E-state index in [0.29, 0.717) is 70.7 Å². The minimum Gasteiger partial charge on any atom is -0.443 e. The van der Waals surface area contributed by atoms with E-state index in [4.69, 9.17) is 38.4 Å². The molecular formula is C57H45Cl3F4N8O6. The van der Waals surface area contributed by atoms with Gasteiger partial charge in [-0.3, -0.25) is 9.59 Å². The molecule has 5 N–H and O–H groups in total. The molecule has 3 heterocycles. The maximum Gasteiger partial charge on any atom is 0.419 e. The van der Waals surface area contributed by atoms with Gasteiger partial charge in [-0.1, -0.05) is 71.7 Å². The lowest BCUT2D eigenvalue weighted by molar-refractivity contribution is 0.101. The molecule has 0 saturated carbocycles. The van der Waals surface area contributed by atoms with Gasteiger partial charge in [0.15, 0.2) is 0 Å². The first kappa shape index (κ1) is 55.8. The minimum atomic E-state index is -0.710. The number of para-hydroxylation sites is 2. The second-order valence-corrected chi connectivity index (χ2v) is 18.4. The standard InChI is InChI=1S/C27H20ClF2N3O3.C16H13ClF2N2O.C14H11N3O2.ClH/c28-20-13-16(7-10-21(20)29)32-26(34)19-8-11-22(30)25-18(19)9-12-24(25)33-27(35)36-14-17-6-5-15-3-1-2-4-23(15)31-17;17-11-7-8(1-4-12(11)18)21-16(22)10-2-5-13(19)15-9(10)3-6-14(15)20;18-14(17-8-7-15-10-17)19-9-12-6-5-11-3-1-2-4-13(11)16-12;/h1-8,10-11,13,24H,9,12,14H2,(H,32,34)(H,33,35);1-2,4-5,7,14H,3,6,20H2,(H,21,22);1-8,10H,9H2;1H/t24-;14-;;/m00../s1. The molecule has 2 atom stereocenters. The molecule has 0 spiro atoms. The van der Waals surface area contributed by atoms with Gasteiger partial charge in [0, 0.05) is 62.8 Å². The Bertz CT molecular complexity index is 3710. The predicted molar refractivity (Wildman–Crippen MR) is 290 cm³/mol. The summed E-state index contributed by atoms with van der Waals surface area (Å²) < 4.78 is 66.9. The zero-order valence-corrected chi connectivity index (χ0v) is 43.2. The fraction of sp³-hybridized carbons (Fsp3) is 0.140. The Morgan fingerprint density at radius 3 is 1.65 bits per heavy atom. The number of hydrogen-bond donors (Lipinski definition) is 4. The lowest BCUT2D eigenvalue weighted by atomic mass is 10.0. The summed E-state index contributed by atoms with van der Waals surface area (Å²) in [6, 6.07) is 34.9. The van der Waals surface area contributed by atoms with Gasteiger partial charge in [-0.05, 0) is 122 Å². The van der Waals surface area contributed by atoms with Crippen LogP contribution in [0.15, 0.2) is 152 Å². The van der Waals surface area contributed by atoms with Crippen LogP contribution in [0.1, 0.15) is 79.3 Å². The molecule has 0 saturated heterocycles. The highest BCUT2D eigenvalue weighted by molar-refractivity contribution is 6.31. The summed E-state index contributed by atoms with van der Waals surface area (Å²) in [5.41, 5.74) is 12.0. The molecule has 3 amide bonds. The first-order valence-corrected chi connectivity index (χ1v) is 24.6. The predicted octanol–water partition coefficient (Wildman–Crippen LogP) is 13.2. The number of alkyl carbamates (subject to hydrolysis) is 1. The van der Waals surface area contributed by atoms with Crippen LogP contribution in [0.2, 0.25) is 10.0 Å². The number of nitrogens with one attached hydrogen (secondary N) is 3. The number of fused-ring (bicyclic) bond motifs is 4. The van der Waals surface area contributed by atoms with Gasteiger partial charge >= 0.3 is 12.2 Å². The van der Waals surface area contributed by atoms with Crippen LogP contribution in [0.4, 0.5) is 38.5 Å². The number of rotatable bonds is 9. The summed E-state index contributed by atoms with van der Waals surface area (Å²) in [5, 5.41) is 9.82. The van der Waals surface area contributed by atoms with Crippen LogP contribution in [-0.4, -0.2) is 43.5 Å². The van der Waals surface area contributed by atoms with Crippen LogP contribution in [0, 0.1) is 23.3 Å². The van der Waals surface area contributed by atoms with Crippen molar-refractivity contribution in [3.05, 3.63) is 230 Å². The normalized spacial score (nSPS) is 13.8. The maximum absolute atomic E-state index is 14.8. The molecule has 0 aliphatic heterocycles. The highest BCUT2D eigenvalue weighted by atomic mass is 35.5. The smallest absolute Gasteiger partial charge is 0.419 e. The molecule has 0 fully saturated rings. The number of ether oxygens (including phenoxy) is 2. The number of halogens is 7. The van der Waals surface area contributed by atoms with Crippen molar-refractivity contribution in [2.75, 3.05) is 10.6 Å². The van der Waals surface area contributed by atoms with E-state index in [9.17, 15) is 36.7 Å². The number of carbonyl (C=O) groups is 4. The number of hydrogen-bond acceptors (Lipinski definition) is 10. The van der Waals surface area contributed by atoms with Crippen LogP contribution in [0.3, 0.4) is 0 Å². The molecule has 11 rings (SSSR count). The third-order valence-electron chi connectivity index (χ3n) is 12.6. The SMILES string of the molecule is Cl.N[C@H]1CCc2c(C(=O)Nc3ccc(F)c(Cl)c3)ccc(F)c21.O=C(N[C@H]1CCc2c(C(=O)Nc3ccc(F)c(Cl)c3)ccc(F)c21)OCc1ccc2ccccc2n1.O=C(OCc1ccc2ccccc2n1)n1ccnc1. The van der Waals surface area contributed by atoms with Gasteiger partial charge in [0.2, 0.25) is 0 Å². The summed E-state index contributed by atoms with van der Waals surface area (Å²) in [7, 11) is 0. The van der Waals surface area contributed by atoms with Crippen LogP contribution < -0.4 is 21.7 Å². The number of benzene rings is 6. The quantitative estimate of drug-likeness (QED) is 0.101. The van der Waals surface area contributed by atoms with E-state index in [-0.39, 0.29) is 58.7 Å². The van der Waals surface area contributed by atoms with Gasteiger partial charge < -0.3 is 31.2 Å². The van der Waals surface area contributed by atoms with Crippen molar-refractivity contribution in [1.82, 2.24) is 24.8 Å². The van der Waals surface area contributed by atoms with Crippen molar-refractivity contribution < 1.29 is 46.2 Å². The van der Waals surface area contributed by atoms with Crippen molar-refractivity contribution in [2.45, 2.75) is 51.0 Å². The Balaban J connectivity index is 0.000000164. The summed E-state index contributed by atoms with van der Waals surface area (Å²) in [4.78, 5) is 62.0. The molecule has 0 bridgehead atoms. The van der Waals surface area contributed by atoms with E-state index < -0.39 is 47.5 Å². The summed E-state index contributed by atoms with van der Waals surface area (Å²) in [5.74, 6) is -2.96. The molecule has 3 aromatic heterocycles. The highest BCUT2D eigenvalue weighted by Gasteiger charge is 2.32. The van der Waals surface area contributed by atoms with Crippen LogP contribution in [0.5, 0.6) is 0 Å².